The first-order valence-corrected chi connectivity index (χ1v) is 30.0. The van der Waals surface area contributed by atoms with Crippen molar-refractivity contribution in [2.45, 2.75) is 53.3 Å². The van der Waals surface area contributed by atoms with Crippen molar-refractivity contribution in [3.05, 3.63) is 325 Å². The topological polar surface area (TPSA) is 122 Å². The third-order valence-electron chi connectivity index (χ3n) is 15.0. The number of halogens is 1. The molecule has 12 rings (SSSR count). The summed E-state index contributed by atoms with van der Waals surface area (Å²) in [5.74, 6) is -1.90. The zero-order chi connectivity index (χ0) is 56.8. The molecule has 0 spiro atoms. The molecule has 2 aromatic heterocycles. The number of β-lactam (4-membered cyclic amide) rings is 1. The number of anilines is 1. The van der Waals surface area contributed by atoms with Gasteiger partial charge in [-0.15, -0.1) is 11.3 Å². The van der Waals surface area contributed by atoms with Gasteiger partial charge in [-0.1, -0.05) is 283 Å². The Morgan fingerprint density at radius 2 is 1.07 bits per heavy atom. The van der Waals surface area contributed by atoms with Crippen LogP contribution < -0.4 is 10.6 Å². The molecule has 10 aromatic rings. The van der Waals surface area contributed by atoms with Crippen molar-refractivity contribution >= 4 is 74.7 Å². The van der Waals surface area contributed by atoms with Crippen LogP contribution in [0, 0.1) is 6.92 Å². The Morgan fingerprint density at radius 3 is 1.52 bits per heavy atom. The zero-order valence-electron chi connectivity index (χ0n) is 44.9. The van der Waals surface area contributed by atoms with E-state index in [1.54, 1.807) is 11.3 Å². The molecule has 410 valence electrons. The number of ether oxygens (including phenoxy) is 1. The number of aromatic nitrogens is 1. The third-order valence-corrected chi connectivity index (χ3v) is 18.4. The number of thioether (sulfide) groups is 1. The maximum absolute atomic E-state index is 15.7. The zero-order valence-corrected chi connectivity index (χ0v) is 48.1. The Kier molecular flexibility index (Phi) is 16.0. The molecule has 0 saturated carbocycles. The fourth-order valence-corrected chi connectivity index (χ4v) is 14.5. The number of hydrogen-bond donors (Lipinski definition) is 2. The number of oxime groups is 1. The van der Waals surface area contributed by atoms with Gasteiger partial charge in [0.05, 0.1) is 10.3 Å². The van der Waals surface area contributed by atoms with Crippen LogP contribution in [0.15, 0.2) is 275 Å². The van der Waals surface area contributed by atoms with Crippen molar-refractivity contribution in [2.75, 3.05) is 5.32 Å². The van der Waals surface area contributed by atoms with Crippen LogP contribution in [-0.2, 0) is 35.1 Å². The number of aryl methyl sites for hydroxylation is 1. The quantitative estimate of drug-likeness (QED) is 0.0270. The van der Waals surface area contributed by atoms with E-state index >= 15 is 14.4 Å². The van der Waals surface area contributed by atoms with Crippen LogP contribution in [-0.4, -0.2) is 45.5 Å². The smallest absolute Gasteiger partial charge is 0.356 e. The number of benzene rings is 8. The second-order valence-electron chi connectivity index (χ2n) is 20.0. The van der Waals surface area contributed by atoms with Gasteiger partial charge in [0.15, 0.2) is 16.9 Å². The molecule has 2 unspecified atom stereocenters. The van der Waals surface area contributed by atoms with Crippen LogP contribution in [0.3, 0.4) is 0 Å². The molecule has 0 bridgehead atoms. The fourth-order valence-electron chi connectivity index (χ4n) is 11.1. The highest BCUT2D eigenvalue weighted by molar-refractivity contribution is 8.04. The molecule has 0 radical (unpaired) electrons. The van der Waals surface area contributed by atoms with Gasteiger partial charge in [-0.05, 0) is 59.7 Å². The Labute approximate surface area is 499 Å². The van der Waals surface area contributed by atoms with E-state index in [0.717, 1.165) is 64.9 Å². The number of carbonyl (C=O) groups excluding carboxylic acids is 3. The van der Waals surface area contributed by atoms with E-state index in [9.17, 15) is 0 Å². The lowest BCUT2D eigenvalue weighted by Crippen LogP contribution is -2.72. The van der Waals surface area contributed by atoms with Crippen molar-refractivity contribution in [3.63, 3.8) is 0 Å². The van der Waals surface area contributed by atoms with E-state index < -0.39 is 47.1 Å². The van der Waals surface area contributed by atoms with E-state index in [1.807, 2.05) is 225 Å². The molecule has 2 aliphatic heterocycles. The molecule has 1 fully saturated rings. The summed E-state index contributed by atoms with van der Waals surface area (Å²) in [6.07, 6.45) is 0.106. The van der Waals surface area contributed by atoms with Crippen molar-refractivity contribution in [3.8, 4) is 0 Å². The van der Waals surface area contributed by atoms with Crippen LogP contribution in [0.1, 0.15) is 74.0 Å². The lowest BCUT2D eigenvalue weighted by Gasteiger charge is -2.50. The van der Waals surface area contributed by atoms with E-state index in [1.165, 1.54) is 16.7 Å². The number of fused-ring (bicyclic) bond motifs is 1. The maximum atomic E-state index is 15.7. The van der Waals surface area contributed by atoms with Crippen molar-refractivity contribution in [1.82, 2.24) is 15.2 Å². The molecular weight excluding hydrogens is 1110 g/mol. The van der Waals surface area contributed by atoms with Crippen molar-refractivity contribution < 1.29 is 24.0 Å². The molecule has 1 saturated heterocycles. The number of thiophene rings is 1. The number of thiazole rings is 1. The Bertz CT molecular complexity index is 3720. The predicted molar refractivity (Wildman–Crippen MR) is 331 cm³/mol. The number of hydrogen-bond acceptors (Lipinski definition) is 11. The molecule has 10 nitrogen and oxygen atoms in total. The molecule has 2 atom stereocenters. The average molecular weight is 1160 g/mol. The fraction of sp³-hybridized carbons (Fsp3) is 0.116. The number of esters is 1. The molecular formula is C69H54ClN5O5S3. The number of allylic oxidation sites excluding steroid dienone is 1. The highest BCUT2D eigenvalue weighted by Crippen LogP contribution is 2.47. The Morgan fingerprint density at radius 1 is 0.627 bits per heavy atom. The number of nitrogens with one attached hydrogen (secondary N) is 2. The normalized spacial score (nSPS) is 15.3. The van der Waals surface area contributed by atoms with E-state index in [4.69, 9.17) is 31.3 Å². The lowest BCUT2D eigenvalue weighted by atomic mass is 9.77. The highest BCUT2D eigenvalue weighted by atomic mass is 35.5. The highest BCUT2D eigenvalue weighted by Gasteiger charge is 2.55. The predicted octanol–water partition coefficient (Wildman–Crippen LogP) is 15.1. The van der Waals surface area contributed by atoms with Gasteiger partial charge in [-0.2, -0.15) is 0 Å². The Hall–Kier alpha value is -8.85. The minimum atomic E-state index is -1.42. The summed E-state index contributed by atoms with van der Waals surface area (Å²) in [6.45, 7) is 2.03. The summed E-state index contributed by atoms with van der Waals surface area (Å²) < 4.78 is 7.62. The van der Waals surface area contributed by atoms with Gasteiger partial charge in [0.1, 0.15) is 27.3 Å². The van der Waals surface area contributed by atoms with Gasteiger partial charge in [0.2, 0.25) is 5.60 Å². The molecule has 2 N–H and O–H groups in total. The molecule has 8 aromatic carbocycles. The summed E-state index contributed by atoms with van der Waals surface area (Å²) >= 11 is 11.6. The van der Waals surface area contributed by atoms with Crippen LogP contribution in [0.25, 0.3) is 0 Å². The van der Waals surface area contributed by atoms with Gasteiger partial charge in [-0.3, -0.25) is 14.5 Å². The average Bonchev–Trinajstić information content (AvgIpc) is 2.49. The van der Waals surface area contributed by atoms with Crippen LogP contribution >= 0.6 is 46.0 Å². The first-order chi connectivity index (χ1) is 40.7. The van der Waals surface area contributed by atoms with Gasteiger partial charge in [0.25, 0.3) is 11.8 Å². The van der Waals surface area contributed by atoms with Crippen LogP contribution in [0.5, 0.6) is 0 Å². The summed E-state index contributed by atoms with van der Waals surface area (Å²) in [7, 11) is 0. The van der Waals surface area contributed by atoms with Gasteiger partial charge in [-0.25, -0.2) is 9.78 Å². The van der Waals surface area contributed by atoms with E-state index in [-0.39, 0.29) is 21.4 Å². The number of amides is 2. The van der Waals surface area contributed by atoms with Gasteiger partial charge in [0, 0.05) is 26.5 Å². The van der Waals surface area contributed by atoms with Crippen molar-refractivity contribution in [2.24, 2.45) is 5.16 Å². The maximum Gasteiger partial charge on any atom is 0.356 e. The second kappa shape index (κ2) is 24.3. The Balaban J connectivity index is 0.951. The second-order valence-corrected chi connectivity index (χ2v) is 24.3. The first kappa shape index (κ1) is 54.7. The number of nitrogens with zero attached hydrogens (tertiary/aromatic N) is 3. The molecule has 4 heterocycles. The monoisotopic (exact) mass is 1160 g/mol. The number of carbonyl (C=O) groups is 3. The summed E-state index contributed by atoms with van der Waals surface area (Å²) in [6, 6.07) is 80.8. The molecule has 14 heteroatoms. The minimum absolute atomic E-state index is 0.0251. The molecule has 83 heavy (non-hydrogen) atoms. The van der Waals surface area contributed by atoms with Crippen molar-refractivity contribution in [1.29, 1.82) is 0 Å². The summed E-state index contributed by atoms with van der Waals surface area (Å²) in [5, 5.41) is 12.2. The van der Waals surface area contributed by atoms with Gasteiger partial charge >= 0.3 is 5.97 Å². The molecule has 2 amide bonds. The van der Waals surface area contributed by atoms with E-state index in [2.05, 4.69) is 47.0 Å². The third kappa shape index (κ3) is 10.9. The van der Waals surface area contributed by atoms with Crippen LogP contribution in [0.2, 0.25) is 4.34 Å². The van der Waals surface area contributed by atoms with Gasteiger partial charge < -0.3 is 20.2 Å². The molecule has 2 aliphatic rings. The number of rotatable bonds is 19. The van der Waals surface area contributed by atoms with E-state index in [0.29, 0.717) is 22.9 Å². The summed E-state index contributed by atoms with van der Waals surface area (Å²) in [5.41, 5.74) is 4.03. The largest absolute Gasteiger partial charge is 0.448 e. The summed E-state index contributed by atoms with van der Waals surface area (Å²) in [4.78, 5) is 61.3. The molecule has 0 aliphatic carbocycles. The standard InChI is InChI=1S/C69H54ClN5O5S3/c1-46-42-45-57(81-46)82-56-44-43-55-58(65(77)75(55)61(56)66(78)79-62(47-26-10-2-11-27-47)48-28-12-3-13-29-48)71-64(76)60(74-80-69(52-36-20-7-21-37-52,53-38-22-8-23-39-53)54-40-24-9-25-41-54)59-63(70)83-67(72-59)73-68(49-30-14-4-15-31-49,50-32-16-5-17-33-50)51-34-18-6-19-35-51/h2-42,45,55,58,62H,43-44H2,1H3,(H,71,76)(H,72,73)/b74-60-. The first-order valence-electron chi connectivity index (χ1n) is 27.2. The van der Waals surface area contributed by atoms with Crippen LogP contribution in [0.4, 0.5) is 5.13 Å². The minimum Gasteiger partial charge on any atom is -0.448 e. The lowest BCUT2D eigenvalue weighted by molar-refractivity contribution is -0.158. The SMILES string of the molecule is Cc1ccc(SC2=C(C(=O)OC(c3ccccc3)c3ccccc3)N3C(=O)C(NC(=O)/C(=N\OC(c4ccccc4)(c4ccccc4)c4ccccc4)c4nc(NC(c5ccccc5)(c5ccccc5)c5ccccc5)sc4Cl)C3CC2)s1.